The van der Waals surface area contributed by atoms with Crippen LogP contribution in [0.2, 0.25) is 5.02 Å². The van der Waals surface area contributed by atoms with Gasteiger partial charge in [-0.3, -0.25) is 0 Å². The summed E-state index contributed by atoms with van der Waals surface area (Å²) in [6.45, 7) is 0.867. The average Bonchev–Trinajstić information content (AvgIpc) is 3.11. The van der Waals surface area contributed by atoms with Gasteiger partial charge >= 0.3 is 0 Å². The molecule has 3 aromatic rings. The van der Waals surface area contributed by atoms with Gasteiger partial charge < -0.3 is 9.72 Å². The number of halogens is 1. The van der Waals surface area contributed by atoms with Gasteiger partial charge in [-0.25, -0.2) is 13.4 Å². The van der Waals surface area contributed by atoms with E-state index in [1.54, 1.807) is 13.3 Å². The van der Waals surface area contributed by atoms with Gasteiger partial charge in [-0.15, -0.1) is 0 Å². The summed E-state index contributed by atoms with van der Waals surface area (Å²) in [6, 6.07) is 9.72. The number of fused-ring (bicyclic) bond motifs is 1. The average molecular weight is 418 g/mol. The fraction of sp³-hybridized carbons (Fsp3) is 0.250. The quantitative estimate of drug-likeness (QED) is 0.697. The normalized spacial score (nSPS) is 15.6. The lowest BCUT2D eigenvalue weighted by molar-refractivity contribution is 0.415. The number of benzene rings is 1. The number of hydrogen-bond donors (Lipinski definition) is 1. The zero-order valence-electron chi connectivity index (χ0n) is 15.6. The predicted molar refractivity (Wildman–Crippen MR) is 112 cm³/mol. The molecular formula is C20H20ClN3O3S. The third-order valence-electron chi connectivity index (χ3n) is 4.98. The predicted octanol–water partition coefficient (Wildman–Crippen LogP) is 3.94. The van der Waals surface area contributed by atoms with E-state index in [9.17, 15) is 8.42 Å². The van der Waals surface area contributed by atoms with Crippen LogP contribution in [0, 0.1) is 0 Å². The minimum Gasteiger partial charge on any atom is -0.495 e. The zero-order valence-corrected chi connectivity index (χ0v) is 17.1. The third kappa shape index (κ3) is 3.53. The van der Waals surface area contributed by atoms with Crippen LogP contribution in [0.3, 0.4) is 0 Å². The molecule has 0 spiro atoms. The molecule has 0 saturated heterocycles. The molecule has 0 radical (unpaired) electrons. The molecule has 6 nitrogen and oxygen atoms in total. The second-order valence-electron chi connectivity index (χ2n) is 6.75. The fourth-order valence-corrected chi connectivity index (χ4v) is 4.51. The molecular weight excluding hydrogens is 398 g/mol. The highest BCUT2D eigenvalue weighted by Crippen LogP contribution is 2.35. The second-order valence-corrected chi connectivity index (χ2v) is 9.14. The van der Waals surface area contributed by atoms with Crippen molar-refractivity contribution in [3.63, 3.8) is 0 Å². The van der Waals surface area contributed by atoms with Gasteiger partial charge in [-0.05, 0) is 47.4 Å². The van der Waals surface area contributed by atoms with Crippen LogP contribution < -0.4 is 4.74 Å². The zero-order chi connectivity index (χ0) is 19.9. The molecule has 0 amide bonds. The number of rotatable bonds is 4. The number of nitrogens with one attached hydrogen (secondary N) is 1. The van der Waals surface area contributed by atoms with Crippen molar-refractivity contribution in [1.29, 1.82) is 0 Å². The van der Waals surface area contributed by atoms with Crippen molar-refractivity contribution in [2.45, 2.75) is 6.42 Å². The van der Waals surface area contributed by atoms with E-state index in [0.717, 1.165) is 33.4 Å². The van der Waals surface area contributed by atoms with Crippen LogP contribution in [0.1, 0.15) is 12.1 Å². The lowest BCUT2D eigenvalue weighted by Crippen LogP contribution is -2.33. The number of pyridine rings is 1. The lowest BCUT2D eigenvalue weighted by atomic mass is 10.0. The molecule has 146 valence electrons. The van der Waals surface area contributed by atoms with Gasteiger partial charge in [0.15, 0.2) is 0 Å². The van der Waals surface area contributed by atoms with E-state index < -0.39 is 10.0 Å². The highest BCUT2D eigenvalue weighted by Gasteiger charge is 2.21. The maximum absolute atomic E-state index is 11.7. The SMILES string of the molecule is COc1ccc(-c2ccnc3[nH]c(C4=CCN(S(C)(=O)=O)CC4)cc23)cc1Cl. The molecule has 1 aromatic carbocycles. The Hall–Kier alpha value is -2.35. The minimum atomic E-state index is -3.17. The highest BCUT2D eigenvalue weighted by molar-refractivity contribution is 7.88. The Morgan fingerprint density at radius 1 is 1.25 bits per heavy atom. The van der Waals surface area contributed by atoms with Crippen molar-refractivity contribution >= 4 is 38.2 Å². The van der Waals surface area contributed by atoms with Crippen LogP contribution in [-0.4, -0.2) is 49.1 Å². The molecule has 0 fully saturated rings. The molecule has 0 bridgehead atoms. The van der Waals surface area contributed by atoms with Crippen LogP contribution in [0.5, 0.6) is 5.75 Å². The number of aromatic nitrogens is 2. The molecule has 28 heavy (non-hydrogen) atoms. The lowest BCUT2D eigenvalue weighted by Gasteiger charge is -2.23. The van der Waals surface area contributed by atoms with E-state index in [0.29, 0.717) is 30.3 Å². The van der Waals surface area contributed by atoms with Gasteiger partial charge in [-0.2, -0.15) is 4.31 Å². The maximum atomic E-state index is 11.7. The second kappa shape index (κ2) is 7.24. The summed E-state index contributed by atoms with van der Waals surface area (Å²) in [6.07, 6.45) is 5.62. The first-order chi connectivity index (χ1) is 13.4. The Kier molecular flexibility index (Phi) is 4.91. The van der Waals surface area contributed by atoms with Crippen molar-refractivity contribution in [2.75, 3.05) is 26.5 Å². The summed E-state index contributed by atoms with van der Waals surface area (Å²) in [5.74, 6) is 0.633. The first-order valence-electron chi connectivity index (χ1n) is 8.83. The largest absolute Gasteiger partial charge is 0.495 e. The van der Waals surface area contributed by atoms with E-state index in [1.807, 2.05) is 30.3 Å². The maximum Gasteiger partial charge on any atom is 0.211 e. The van der Waals surface area contributed by atoms with Crippen LogP contribution >= 0.6 is 11.6 Å². The first kappa shape index (κ1) is 19.0. The van der Waals surface area contributed by atoms with E-state index in [-0.39, 0.29) is 0 Å². The monoisotopic (exact) mass is 417 g/mol. The van der Waals surface area contributed by atoms with Gasteiger partial charge in [0.2, 0.25) is 10.0 Å². The number of sulfonamides is 1. The molecule has 0 saturated carbocycles. The van der Waals surface area contributed by atoms with Crippen molar-refractivity contribution in [2.24, 2.45) is 0 Å². The van der Waals surface area contributed by atoms with Crippen LogP contribution in [0.4, 0.5) is 0 Å². The Balaban J connectivity index is 1.72. The molecule has 4 rings (SSSR count). The molecule has 0 unspecified atom stereocenters. The number of ether oxygens (including phenoxy) is 1. The topological polar surface area (TPSA) is 75.3 Å². The third-order valence-corrected chi connectivity index (χ3v) is 6.55. The first-order valence-corrected chi connectivity index (χ1v) is 11.1. The minimum absolute atomic E-state index is 0.387. The molecule has 1 aliphatic rings. The summed E-state index contributed by atoms with van der Waals surface area (Å²) in [4.78, 5) is 7.81. The summed E-state index contributed by atoms with van der Waals surface area (Å²) in [5, 5.41) is 1.54. The van der Waals surface area contributed by atoms with Crippen molar-refractivity contribution in [3.8, 4) is 16.9 Å². The molecule has 2 aromatic heterocycles. The van der Waals surface area contributed by atoms with Gasteiger partial charge in [0.05, 0.1) is 18.4 Å². The van der Waals surface area contributed by atoms with Gasteiger partial charge in [0.1, 0.15) is 11.4 Å². The molecule has 3 heterocycles. The summed E-state index contributed by atoms with van der Waals surface area (Å²) in [5.41, 5.74) is 4.83. The molecule has 8 heteroatoms. The fourth-order valence-electron chi connectivity index (χ4n) is 3.48. The molecule has 0 atom stereocenters. The Bertz CT molecular complexity index is 1180. The van der Waals surface area contributed by atoms with E-state index >= 15 is 0 Å². The summed E-state index contributed by atoms with van der Waals surface area (Å²) < 4.78 is 30.1. The van der Waals surface area contributed by atoms with Crippen LogP contribution in [0.15, 0.2) is 42.6 Å². The molecule has 1 N–H and O–H groups in total. The van der Waals surface area contributed by atoms with E-state index in [4.69, 9.17) is 16.3 Å². The Morgan fingerprint density at radius 2 is 2.07 bits per heavy atom. The van der Waals surface area contributed by atoms with Crippen LogP contribution in [0.25, 0.3) is 27.7 Å². The van der Waals surface area contributed by atoms with Crippen LogP contribution in [-0.2, 0) is 10.0 Å². The standard InChI is InChI=1S/C20H20ClN3O3S/c1-27-19-4-3-14(11-17(19)21)15-5-8-22-20-16(15)12-18(23-20)13-6-9-24(10-7-13)28(2,25)26/h3-6,8,11-12H,7,9-10H2,1-2H3,(H,22,23). The smallest absolute Gasteiger partial charge is 0.211 e. The summed E-state index contributed by atoms with van der Waals surface area (Å²) >= 11 is 6.30. The molecule has 0 aliphatic carbocycles. The summed E-state index contributed by atoms with van der Waals surface area (Å²) in [7, 11) is -1.58. The number of H-pyrrole nitrogens is 1. The number of aromatic amines is 1. The Morgan fingerprint density at radius 3 is 2.71 bits per heavy atom. The van der Waals surface area contributed by atoms with Crippen molar-refractivity contribution in [3.05, 3.63) is 53.3 Å². The van der Waals surface area contributed by atoms with Gasteiger partial charge in [0.25, 0.3) is 0 Å². The van der Waals surface area contributed by atoms with Crippen molar-refractivity contribution < 1.29 is 13.2 Å². The highest BCUT2D eigenvalue weighted by atomic mass is 35.5. The number of nitrogens with zero attached hydrogens (tertiary/aromatic N) is 2. The van der Waals surface area contributed by atoms with E-state index in [2.05, 4.69) is 16.0 Å². The number of methoxy groups -OCH3 is 1. The number of hydrogen-bond acceptors (Lipinski definition) is 4. The van der Waals surface area contributed by atoms with Gasteiger partial charge in [-0.1, -0.05) is 23.7 Å². The molecule has 1 aliphatic heterocycles. The van der Waals surface area contributed by atoms with E-state index in [1.165, 1.54) is 10.6 Å². The Labute approximate surface area is 168 Å². The van der Waals surface area contributed by atoms with Crippen molar-refractivity contribution in [1.82, 2.24) is 14.3 Å². The van der Waals surface area contributed by atoms with Gasteiger partial charge in [0, 0.05) is 30.4 Å².